The average Bonchev–Trinajstić information content (AvgIpc) is 3.13. The molecule has 1 atom stereocenters. The van der Waals surface area contributed by atoms with Crippen LogP contribution in [0.4, 0.5) is 0 Å². The van der Waals surface area contributed by atoms with E-state index < -0.39 is 0 Å². The molecule has 0 amide bonds. The fourth-order valence-corrected chi connectivity index (χ4v) is 3.86. The second-order valence-corrected chi connectivity index (χ2v) is 7.52. The molecule has 170 valence electrons. The highest BCUT2D eigenvalue weighted by Gasteiger charge is 2.24. The highest BCUT2D eigenvalue weighted by Crippen LogP contribution is 2.32. The second-order valence-electron chi connectivity index (χ2n) is 7.52. The van der Waals surface area contributed by atoms with Crippen molar-refractivity contribution in [1.82, 2.24) is 15.5 Å². The van der Waals surface area contributed by atoms with Crippen molar-refractivity contribution in [2.24, 2.45) is 4.99 Å². The molecule has 2 heterocycles. The standard InChI is InChI=1S/C23H34N4O4/c1-16-12-19(17(2)31-16)14-25-23(24-3)26-15-20(27-8-10-30-11-9-27)18-6-7-21(28-4)22(13-18)29-5/h6-7,12-13,20H,8-11,14-15H2,1-5H3,(H2,24,25,26). The number of benzene rings is 1. The molecule has 1 unspecified atom stereocenters. The SMILES string of the molecule is CN=C(NCc1cc(C)oc1C)NCC(c1ccc(OC)c(OC)c1)N1CCOCC1. The van der Waals surface area contributed by atoms with Crippen LogP contribution in [-0.4, -0.2) is 65.0 Å². The van der Waals surface area contributed by atoms with Gasteiger partial charge in [-0.25, -0.2) is 0 Å². The van der Waals surface area contributed by atoms with Crippen molar-refractivity contribution in [2.45, 2.75) is 26.4 Å². The molecule has 8 heteroatoms. The van der Waals surface area contributed by atoms with Gasteiger partial charge in [-0.3, -0.25) is 9.89 Å². The Morgan fingerprint density at radius 2 is 1.84 bits per heavy atom. The molecule has 2 aromatic rings. The number of furan rings is 1. The lowest BCUT2D eigenvalue weighted by Gasteiger charge is -2.35. The molecular weight excluding hydrogens is 396 g/mol. The van der Waals surface area contributed by atoms with Gasteiger partial charge in [0, 0.05) is 38.8 Å². The topological polar surface area (TPSA) is 80.5 Å². The van der Waals surface area contributed by atoms with Gasteiger partial charge >= 0.3 is 0 Å². The molecule has 1 aliphatic rings. The lowest BCUT2D eigenvalue weighted by molar-refractivity contribution is 0.0169. The van der Waals surface area contributed by atoms with Crippen LogP contribution in [0.5, 0.6) is 11.5 Å². The Morgan fingerprint density at radius 1 is 1.10 bits per heavy atom. The normalized spacial score (nSPS) is 16.1. The third-order valence-corrected chi connectivity index (χ3v) is 5.56. The number of hydrogen-bond acceptors (Lipinski definition) is 6. The minimum absolute atomic E-state index is 0.139. The predicted molar refractivity (Wildman–Crippen MR) is 121 cm³/mol. The first-order chi connectivity index (χ1) is 15.0. The van der Waals surface area contributed by atoms with E-state index in [2.05, 4.69) is 38.7 Å². The van der Waals surface area contributed by atoms with E-state index in [0.29, 0.717) is 13.1 Å². The summed E-state index contributed by atoms with van der Waals surface area (Å²) in [5.74, 6) is 4.04. The monoisotopic (exact) mass is 430 g/mol. The minimum Gasteiger partial charge on any atom is -0.493 e. The van der Waals surface area contributed by atoms with Gasteiger partial charge in [0.05, 0.1) is 33.5 Å². The van der Waals surface area contributed by atoms with Gasteiger partial charge in [0.2, 0.25) is 0 Å². The molecule has 8 nitrogen and oxygen atoms in total. The molecule has 3 rings (SSSR count). The molecule has 0 aliphatic carbocycles. The van der Waals surface area contributed by atoms with Gasteiger partial charge in [-0.1, -0.05) is 6.07 Å². The molecule has 0 radical (unpaired) electrons. The van der Waals surface area contributed by atoms with Crippen LogP contribution in [0.3, 0.4) is 0 Å². The van der Waals surface area contributed by atoms with E-state index in [4.69, 9.17) is 18.6 Å². The van der Waals surface area contributed by atoms with Crippen molar-refractivity contribution in [3.8, 4) is 11.5 Å². The third-order valence-electron chi connectivity index (χ3n) is 5.56. The summed E-state index contributed by atoms with van der Waals surface area (Å²) in [6.45, 7) is 8.50. The fourth-order valence-electron chi connectivity index (χ4n) is 3.86. The number of nitrogens with zero attached hydrogens (tertiary/aromatic N) is 2. The lowest BCUT2D eigenvalue weighted by atomic mass is 10.0. The van der Waals surface area contributed by atoms with Crippen molar-refractivity contribution >= 4 is 5.96 Å². The number of aliphatic imine (C=N–C) groups is 1. The molecule has 1 aromatic carbocycles. The molecule has 2 N–H and O–H groups in total. The van der Waals surface area contributed by atoms with Crippen molar-refractivity contribution < 1.29 is 18.6 Å². The Balaban J connectivity index is 1.71. The number of rotatable bonds is 8. The Labute approximate surface area is 184 Å². The number of guanidine groups is 1. The highest BCUT2D eigenvalue weighted by molar-refractivity contribution is 5.79. The van der Waals surface area contributed by atoms with Crippen LogP contribution in [0.25, 0.3) is 0 Å². The maximum Gasteiger partial charge on any atom is 0.191 e. The number of morpholine rings is 1. The zero-order chi connectivity index (χ0) is 22.2. The minimum atomic E-state index is 0.139. The molecular formula is C23H34N4O4. The molecule has 0 spiro atoms. The molecule has 1 aliphatic heterocycles. The summed E-state index contributed by atoms with van der Waals surface area (Å²) >= 11 is 0. The maximum atomic E-state index is 5.62. The van der Waals surface area contributed by atoms with Gasteiger partial charge in [-0.05, 0) is 37.6 Å². The van der Waals surface area contributed by atoms with Crippen molar-refractivity contribution in [2.75, 3.05) is 54.1 Å². The van der Waals surface area contributed by atoms with E-state index in [-0.39, 0.29) is 6.04 Å². The quantitative estimate of drug-likeness (QED) is 0.492. The summed E-state index contributed by atoms with van der Waals surface area (Å²) in [6.07, 6.45) is 0. The van der Waals surface area contributed by atoms with Gasteiger partial charge in [0.25, 0.3) is 0 Å². The van der Waals surface area contributed by atoms with Crippen molar-refractivity contribution in [1.29, 1.82) is 0 Å². The first-order valence-electron chi connectivity index (χ1n) is 10.6. The van der Waals surface area contributed by atoms with E-state index in [1.54, 1.807) is 21.3 Å². The smallest absolute Gasteiger partial charge is 0.191 e. The van der Waals surface area contributed by atoms with Crippen LogP contribution < -0.4 is 20.1 Å². The summed E-state index contributed by atoms with van der Waals surface area (Å²) in [4.78, 5) is 6.81. The van der Waals surface area contributed by atoms with Crippen molar-refractivity contribution in [3.63, 3.8) is 0 Å². The van der Waals surface area contributed by atoms with Gasteiger partial charge in [0.15, 0.2) is 17.5 Å². The summed E-state index contributed by atoms with van der Waals surface area (Å²) in [5, 5.41) is 6.86. The molecule has 0 bridgehead atoms. The van der Waals surface area contributed by atoms with Gasteiger partial charge in [0.1, 0.15) is 11.5 Å². The number of nitrogens with one attached hydrogen (secondary N) is 2. The highest BCUT2D eigenvalue weighted by atomic mass is 16.5. The number of methoxy groups -OCH3 is 2. The largest absolute Gasteiger partial charge is 0.493 e. The van der Waals surface area contributed by atoms with E-state index in [9.17, 15) is 0 Å². The number of aryl methyl sites for hydroxylation is 2. The van der Waals surface area contributed by atoms with Gasteiger partial charge < -0.3 is 29.3 Å². The second kappa shape index (κ2) is 11.1. The first kappa shape index (κ1) is 23.0. The van der Waals surface area contributed by atoms with E-state index in [0.717, 1.165) is 66.4 Å². The molecule has 1 fully saturated rings. The maximum absolute atomic E-state index is 5.62. The number of ether oxygens (including phenoxy) is 3. The van der Waals surface area contributed by atoms with Gasteiger partial charge in [-0.2, -0.15) is 0 Å². The van der Waals surface area contributed by atoms with E-state index >= 15 is 0 Å². The molecule has 0 saturated carbocycles. The molecule has 31 heavy (non-hydrogen) atoms. The zero-order valence-corrected chi connectivity index (χ0v) is 19.2. The van der Waals surface area contributed by atoms with E-state index in [1.807, 2.05) is 19.9 Å². The third kappa shape index (κ3) is 5.92. The zero-order valence-electron chi connectivity index (χ0n) is 19.2. The molecule has 1 aromatic heterocycles. The summed E-state index contributed by atoms with van der Waals surface area (Å²) < 4.78 is 22.1. The lowest BCUT2D eigenvalue weighted by Crippen LogP contribution is -2.46. The average molecular weight is 431 g/mol. The summed E-state index contributed by atoms with van der Waals surface area (Å²) in [5.41, 5.74) is 2.29. The molecule has 1 saturated heterocycles. The first-order valence-corrected chi connectivity index (χ1v) is 10.6. The van der Waals surface area contributed by atoms with Crippen LogP contribution in [0.1, 0.15) is 28.7 Å². The predicted octanol–water partition coefficient (Wildman–Crippen LogP) is 2.65. The van der Waals surface area contributed by atoms with Gasteiger partial charge in [-0.15, -0.1) is 0 Å². The van der Waals surface area contributed by atoms with Crippen LogP contribution in [-0.2, 0) is 11.3 Å². The Kier molecular flexibility index (Phi) is 8.20. The fraction of sp³-hybridized carbons (Fsp3) is 0.522. The van der Waals surface area contributed by atoms with E-state index in [1.165, 1.54) is 0 Å². The Hall–Kier alpha value is -2.71. The number of hydrogen-bond donors (Lipinski definition) is 2. The summed E-state index contributed by atoms with van der Waals surface area (Å²) in [6, 6.07) is 8.29. The van der Waals surface area contributed by atoms with Crippen LogP contribution in [0.2, 0.25) is 0 Å². The Morgan fingerprint density at radius 3 is 2.45 bits per heavy atom. The van der Waals surface area contributed by atoms with Crippen LogP contribution in [0, 0.1) is 13.8 Å². The summed E-state index contributed by atoms with van der Waals surface area (Å²) in [7, 11) is 5.09. The van der Waals surface area contributed by atoms with Crippen LogP contribution in [0.15, 0.2) is 33.7 Å². The van der Waals surface area contributed by atoms with Crippen molar-refractivity contribution in [3.05, 3.63) is 46.9 Å². The van der Waals surface area contributed by atoms with Crippen LogP contribution >= 0.6 is 0 Å². The Bertz CT molecular complexity index is 874.